The van der Waals surface area contributed by atoms with Gasteiger partial charge in [0.25, 0.3) is 5.91 Å². The van der Waals surface area contributed by atoms with E-state index in [0.29, 0.717) is 16.9 Å². The molecule has 2 aromatic rings. The summed E-state index contributed by atoms with van der Waals surface area (Å²) in [6.07, 6.45) is 2.16. The van der Waals surface area contributed by atoms with Crippen molar-refractivity contribution in [3.63, 3.8) is 0 Å². The highest BCUT2D eigenvalue weighted by atomic mass is 16.5. The molecule has 32 heavy (non-hydrogen) atoms. The molecule has 2 amide bonds. The molecule has 1 fully saturated rings. The first-order valence-corrected chi connectivity index (χ1v) is 10.9. The second-order valence-corrected chi connectivity index (χ2v) is 7.74. The van der Waals surface area contributed by atoms with Crippen molar-refractivity contribution in [1.29, 1.82) is 0 Å². The zero-order valence-corrected chi connectivity index (χ0v) is 18.0. The predicted molar refractivity (Wildman–Crippen MR) is 122 cm³/mol. The number of hydrogen-bond donors (Lipinski definition) is 1. The number of anilines is 2. The fraction of sp³-hybridized carbons (Fsp3) is 0.333. The molecular weight excluding hydrogens is 408 g/mol. The highest BCUT2D eigenvalue weighted by Crippen LogP contribution is 2.26. The first kappa shape index (κ1) is 21.5. The minimum Gasteiger partial charge on any atom is -0.461 e. The molecule has 0 bridgehead atoms. The van der Waals surface area contributed by atoms with Crippen LogP contribution in [0.1, 0.15) is 36.5 Å². The molecule has 8 nitrogen and oxygen atoms in total. The van der Waals surface area contributed by atoms with E-state index in [1.165, 1.54) is 0 Å². The van der Waals surface area contributed by atoms with Gasteiger partial charge in [-0.1, -0.05) is 24.3 Å². The van der Waals surface area contributed by atoms with E-state index in [1.54, 1.807) is 36.2 Å². The van der Waals surface area contributed by atoms with Crippen molar-refractivity contribution in [1.82, 2.24) is 4.90 Å². The smallest absolute Gasteiger partial charge is 0.354 e. The lowest BCUT2D eigenvalue weighted by molar-refractivity contribution is -0.135. The third-order valence-corrected chi connectivity index (χ3v) is 5.52. The van der Waals surface area contributed by atoms with Crippen molar-refractivity contribution >= 4 is 34.9 Å². The Bertz CT molecular complexity index is 1030. The maximum atomic E-state index is 13.2. The van der Waals surface area contributed by atoms with Gasteiger partial charge in [-0.3, -0.25) is 14.6 Å². The number of ether oxygens (including phenoxy) is 1. The molecule has 2 aliphatic rings. The fourth-order valence-corrected chi connectivity index (χ4v) is 3.93. The summed E-state index contributed by atoms with van der Waals surface area (Å²) in [4.78, 5) is 39.9. The summed E-state index contributed by atoms with van der Waals surface area (Å²) >= 11 is 0. The first-order valence-electron chi connectivity index (χ1n) is 10.9. The average molecular weight is 434 g/mol. The normalized spacial score (nSPS) is 17.8. The molecule has 0 spiro atoms. The number of para-hydroxylation sites is 1. The lowest BCUT2D eigenvalue weighted by Crippen LogP contribution is -2.39. The molecule has 1 saturated heterocycles. The number of amides is 2. The number of hydrazone groups is 1. The zero-order valence-electron chi connectivity index (χ0n) is 18.0. The second kappa shape index (κ2) is 9.64. The quantitative estimate of drug-likeness (QED) is 0.706. The molecule has 8 heteroatoms. The van der Waals surface area contributed by atoms with Crippen molar-refractivity contribution in [3.8, 4) is 0 Å². The third kappa shape index (κ3) is 4.64. The summed E-state index contributed by atoms with van der Waals surface area (Å²) in [6, 6.07) is 15.4. The Morgan fingerprint density at radius 3 is 2.53 bits per heavy atom. The highest BCUT2D eigenvalue weighted by molar-refractivity contribution is 6.38. The van der Waals surface area contributed by atoms with Gasteiger partial charge in [-0.05, 0) is 50.1 Å². The van der Waals surface area contributed by atoms with E-state index in [0.717, 1.165) is 25.9 Å². The Labute approximate surface area is 186 Å². The van der Waals surface area contributed by atoms with Gasteiger partial charge in [0.1, 0.15) is 11.8 Å². The number of likely N-dealkylation sites (tertiary alicyclic amines) is 1. The van der Waals surface area contributed by atoms with Crippen LogP contribution in [0.15, 0.2) is 59.7 Å². The molecule has 4 rings (SSSR count). The van der Waals surface area contributed by atoms with E-state index >= 15 is 0 Å². The molecule has 0 aliphatic carbocycles. The Kier molecular flexibility index (Phi) is 6.49. The van der Waals surface area contributed by atoms with Crippen LogP contribution in [-0.4, -0.2) is 54.1 Å². The van der Waals surface area contributed by atoms with Crippen LogP contribution in [0.4, 0.5) is 11.4 Å². The molecular formula is C24H26N4O4. The van der Waals surface area contributed by atoms with Crippen molar-refractivity contribution in [2.75, 3.05) is 30.0 Å². The monoisotopic (exact) mass is 434 g/mol. The molecule has 2 heterocycles. The van der Waals surface area contributed by atoms with Crippen LogP contribution in [0, 0.1) is 0 Å². The third-order valence-electron chi connectivity index (χ3n) is 5.52. The first-order chi connectivity index (χ1) is 15.6. The fourth-order valence-electron chi connectivity index (χ4n) is 3.93. The average Bonchev–Trinajstić information content (AvgIpc) is 3.50. The van der Waals surface area contributed by atoms with Crippen LogP contribution < -0.4 is 10.3 Å². The van der Waals surface area contributed by atoms with E-state index < -0.39 is 12.0 Å². The van der Waals surface area contributed by atoms with Crippen molar-refractivity contribution in [2.24, 2.45) is 5.10 Å². The summed E-state index contributed by atoms with van der Waals surface area (Å²) in [5.41, 5.74) is 1.97. The van der Waals surface area contributed by atoms with E-state index in [2.05, 4.69) is 10.4 Å². The van der Waals surface area contributed by atoms with Gasteiger partial charge < -0.3 is 15.0 Å². The lowest BCUT2D eigenvalue weighted by Gasteiger charge is -2.23. The van der Waals surface area contributed by atoms with Gasteiger partial charge in [-0.25, -0.2) is 4.79 Å². The van der Waals surface area contributed by atoms with Gasteiger partial charge in [0, 0.05) is 30.8 Å². The van der Waals surface area contributed by atoms with Gasteiger partial charge in [0.15, 0.2) is 0 Å². The molecule has 0 saturated carbocycles. The Morgan fingerprint density at radius 1 is 1.06 bits per heavy atom. The lowest BCUT2D eigenvalue weighted by atomic mass is 10.1. The number of carbonyl (C=O) groups is 3. The van der Waals surface area contributed by atoms with Crippen molar-refractivity contribution in [3.05, 3.63) is 60.2 Å². The summed E-state index contributed by atoms with van der Waals surface area (Å²) < 4.78 is 5.08. The number of hydrogen-bond acceptors (Lipinski definition) is 6. The number of carbonyl (C=O) groups excluding carboxylic acids is 3. The molecule has 1 unspecified atom stereocenters. The van der Waals surface area contributed by atoms with E-state index in [4.69, 9.17) is 4.74 Å². The van der Waals surface area contributed by atoms with Crippen LogP contribution in [0.5, 0.6) is 0 Å². The number of nitrogens with one attached hydrogen (secondary N) is 1. The zero-order chi connectivity index (χ0) is 22.5. The van der Waals surface area contributed by atoms with Crippen LogP contribution in [-0.2, 0) is 14.3 Å². The van der Waals surface area contributed by atoms with E-state index in [-0.39, 0.29) is 30.6 Å². The van der Waals surface area contributed by atoms with Gasteiger partial charge in [-0.15, -0.1) is 0 Å². The second-order valence-electron chi connectivity index (χ2n) is 7.74. The summed E-state index contributed by atoms with van der Waals surface area (Å²) in [5, 5.41) is 8.80. The summed E-state index contributed by atoms with van der Waals surface area (Å²) in [6.45, 7) is 3.48. The van der Waals surface area contributed by atoms with Crippen LogP contribution in [0.2, 0.25) is 0 Å². The Hall–Kier alpha value is -3.68. The summed E-state index contributed by atoms with van der Waals surface area (Å²) in [7, 11) is 0. The largest absolute Gasteiger partial charge is 0.461 e. The molecule has 2 aromatic carbocycles. The maximum Gasteiger partial charge on any atom is 0.354 e. The number of esters is 1. The minimum atomic E-state index is -0.713. The molecule has 1 atom stereocenters. The molecule has 2 aliphatic heterocycles. The molecule has 0 aromatic heterocycles. The SMILES string of the molecule is CCOC(=O)C1=NN(c2ccccc2)C(C(=O)Nc2cccc(C(=O)N3CCCC3)c2)C1. The minimum absolute atomic E-state index is 0.0293. The number of rotatable bonds is 6. The number of nitrogens with zero attached hydrogens (tertiary/aromatic N) is 3. The highest BCUT2D eigenvalue weighted by Gasteiger charge is 2.37. The Balaban J connectivity index is 1.52. The summed E-state index contributed by atoms with van der Waals surface area (Å²) in [5.74, 6) is -0.872. The van der Waals surface area contributed by atoms with Crippen molar-refractivity contribution < 1.29 is 19.1 Å². The predicted octanol–water partition coefficient (Wildman–Crippen LogP) is 3.06. The maximum absolute atomic E-state index is 13.2. The molecule has 1 N–H and O–H groups in total. The standard InChI is InChI=1S/C24H26N4O4/c1-2-32-24(31)20-16-21(28(26-20)19-11-4-3-5-12-19)22(29)25-18-10-8-9-17(15-18)23(30)27-13-6-7-14-27/h3-5,8-12,15,21H,2,6-7,13-14,16H2,1H3,(H,25,29). The number of benzene rings is 2. The van der Waals surface area contributed by atoms with Crippen LogP contribution in [0.25, 0.3) is 0 Å². The van der Waals surface area contributed by atoms with Gasteiger partial charge >= 0.3 is 5.97 Å². The Morgan fingerprint density at radius 2 is 1.81 bits per heavy atom. The van der Waals surface area contributed by atoms with E-state index in [9.17, 15) is 14.4 Å². The van der Waals surface area contributed by atoms with Crippen LogP contribution in [0.3, 0.4) is 0 Å². The van der Waals surface area contributed by atoms with Crippen molar-refractivity contribution in [2.45, 2.75) is 32.2 Å². The molecule has 166 valence electrons. The topological polar surface area (TPSA) is 91.3 Å². The van der Waals surface area contributed by atoms with Crippen LogP contribution >= 0.6 is 0 Å². The van der Waals surface area contributed by atoms with Gasteiger partial charge in [-0.2, -0.15) is 5.10 Å². The van der Waals surface area contributed by atoms with Gasteiger partial charge in [0.05, 0.1) is 12.3 Å². The van der Waals surface area contributed by atoms with Gasteiger partial charge in [0.2, 0.25) is 5.91 Å². The van der Waals surface area contributed by atoms with E-state index in [1.807, 2.05) is 35.2 Å². The molecule has 0 radical (unpaired) electrons.